The van der Waals surface area contributed by atoms with E-state index in [0.717, 1.165) is 67.7 Å². The molecule has 54 heavy (non-hydrogen) atoms. The highest BCUT2D eigenvalue weighted by atomic mass is 35.5. The molecule has 0 bridgehead atoms. The minimum atomic E-state index is -2.59. The molecule has 1 fully saturated rings. The molecule has 0 saturated carbocycles. The number of anilines is 1. The molecule has 0 radical (unpaired) electrons. The van der Waals surface area contributed by atoms with E-state index in [-0.39, 0.29) is 24.8 Å². The average molecular weight is 769 g/mol. The Kier molecular flexibility index (Phi) is 9.60. The molecule has 4 aliphatic rings. The standard InChI is InChI=1S/C22H20N6O2S.C10H10F2O.C9H9Cl/c1-10-15(21-27-26-11(2)30-21)16(14-9-12-6-7-24-20(23-3)19(12)31-14)17-18(25-10)13-5-4-8-28(13)22(17)29;1-13-9-4-2-3-7-5-10(11,12)6-8(7)9;10-9-5-4-7-2-1-3-8(7)6-9/h6-7,9,13H,4-5,8H2,1-3H3,(H,23,24);2-4H,5-6H2,1H3;4-6H,1-3H2. The van der Waals surface area contributed by atoms with Crippen LogP contribution in [0, 0.1) is 13.8 Å². The Bertz CT molecular complexity index is 2410. The fraction of sp³-hybridized carbons (Fsp3) is 0.341. The van der Waals surface area contributed by atoms with Gasteiger partial charge >= 0.3 is 0 Å². The van der Waals surface area contributed by atoms with Gasteiger partial charge in [0.05, 0.1) is 40.4 Å². The maximum absolute atomic E-state index is 13.5. The Morgan fingerprint density at radius 3 is 2.61 bits per heavy atom. The lowest BCUT2D eigenvalue weighted by Crippen LogP contribution is -2.22. The lowest BCUT2D eigenvalue weighted by Gasteiger charge is -2.14. The second-order valence-electron chi connectivity index (χ2n) is 14.0. The van der Waals surface area contributed by atoms with Crippen molar-refractivity contribution in [3.05, 3.63) is 105 Å². The first-order chi connectivity index (χ1) is 26.0. The first-order valence-corrected chi connectivity index (χ1v) is 19.3. The van der Waals surface area contributed by atoms with Crippen LogP contribution in [0.3, 0.4) is 0 Å². The van der Waals surface area contributed by atoms with Crippen molar-refractivity contribution in [3.63, 3.8) is 0 Å². The summed E-state index contributed by atoms with van der Waals surface area (Å²) in [4.78, 5) is 25.8. The van der Waals surface area contributed by atoms with E-state index in [1.54, 1.807) is 42.7 Å². The van der Waals surface area contributed by atoms with Crippen LogP contribution in [0.5, 0.6) is 5.75 Å². The Labute approximate surface area is 320 Å². The highest BCUT2D eigenvalue weighted by Crippen LogP contribution is 2.50. The monoisotopic (exact) mass is 768 g/mol. The third-order valence-electron chi connectivity index (χ3n) is 10.5. The van der Waals surface area contributed by atoms with E-state index in [1.807, 2.05) is 31.0 Å². The normalized spacial score (nSPS) is 17.3. The molecule has 2 aromatic carbocycles. The number of halogens is 3. The number of nitrogens with one attached hydrogen (secondary N) is 1. The van der Waals surface area contributed by atoms with E-state index in [4.69, 9.17) is 25.7 Å². The van der Waals surface area contributed by atoms with Crippen molar-refractivity contribution >= 4 is 44.7 Å². The van der Waals surface area contributed by atoms with Crippen LogP contribution in [0.2, 0.25) is 5.02 Å². The number of hydrogen-bond donors (Lipinski definition) is 1. The van der Waals surface area contributed by atoms with Crippen LogP contribution in [-0.2, 0) is 25.7 Å². The molecule has 4 aromatic heterocycles. The van der Waals surface area contributed by atoms with Gasteiger partial charge in [-0.1, -0.05) is 29.8 Å². The number of ether oxygens (including phenoxy) is 1. The number of aromatic nitrogens is 4. The number of nitrogens with zero attached hydrogens (tertiary/aromatic N) is 5. The van der Waals surface area contributed by atoms with Gasteiger partial charge in [-0.15, -0.1) is 21.5 Å². The van der Waals surface area contributed by atoms with Gasteiger partial charge in [-0.3, -0.25) is 9.78 Å². The summed E-state index contributed by atoms with van der Waals surface area (Å²) >= 11 is 7.43. The van der Waals surface area contributed by atoms with Crippen LogP contribution in [0.15, 0.2) is 59.1 Å². The zero-order chi connectivity index (χ0) is 37.7. The van der Waals surface area contributed by atoms with Crippen molar-refractivity contribution < 1.29 is 22.7 Å². The molecule has 0 spiro atoms. The minimum Gasteiger partial charge on any atom is -0.496 e. The lowest BCUT2D eigenvalue weighted by atomic mass is 9.95. The van der Waals surface area contributed by atoms with Gasteiger partial charge in [0, 0.05) is 60.6 Å². The third-order valence-corrected chi connectivity index (χ3v) is 11.9. The molecule has 1 unspecified atom stereocenters. The van der Waals surface area contributed by atoms with Crippen LogP contribution < -0.4 is 10.1 Å². The molecule has 1 saturated heterocycles. The number of aryl methyl sites for hydroxylation is 4. The molecule has 1 atom stereocenters. The second kappa shape index (κ2) is 14.4. The summed E-state index contributed by atoms with van der Waals surface area (Å²) in [6.45, 7) is 4.49. The summed E-state index contributed by atoms with van der Waals surface area (Å²) < 4.78 is 37.9. The maximum Gasteiger partial charge on any atom is 0.257 e. The Balaban J connectivity index is 0.000000146. The molecule has 278 valence electrons. The lowest BCUT2D eigenvalue weighted by molar-refractivity contribution is 0.0127. The van der Waals surface area contributed by atoms with Crippen molar-refractivity contribution in [2.24, 2.45) is 0 Å². The number of methoxy groups -OCH3 is 1. The molecule has 9 nitrogen and oxygen atoms in total. The van der Waals surface area contributed by atoms with Gasteiger partial charge in [0.25, 0.3) is 11.8 Å². The van der Waals surface area contributed by atoms with Gasteiger partial charge in [0.15, 0.2) is 0 Å². The number of thiophene rings is 1. The van der Waals surface area contributed by atoms with Crippen molar-refractivity contribution in [1.82, 2.24) is 25.1 Å². The van der Waals surface area contributed by atoms with Crippen LogP contribution in [0.4, 0.5) is 14.6 Å². The molecular weight excluding hydrogens is 730 g/mol. The zero-order valence-corrected chi connectivity index (χ0v) is 32.0. The Morgan fingerprint density at radius 2 is 1.83 bits per heavy atom. The molecule has 6 aromatic rings. The van der Waals surface area contributed by atoms with E-state index in [2.05, 4.69) is 38.7 Å². The number of carbonyl (C=O) groups is 1. The maximum atomic E-state index is 13.5. The quantitative estimate of drug-likeness (QED) is 0.189. The average Bonchev–Trinajstić information content (AvgIpc) is 4.01. The summed E-state index contributed by atoms with van der Waals surface area (Å²) in [5.74, 6) is -0.276. The first kappa shape index (κ1) is 36.1. The number of carbonyl (C=O) groups excluding carboxylic acids is 1. The van der Waals surface area contributed by atoms with Gasteiger partial charge in [-0.25, -0.2) is 13.8 Å². The highest BCUT2D eigenvalue weighted by Gasteiger charge is 2.44. The fourth-order valence-electron chi connectivity index (χ4n) is 8.10. The largest absolute Gasteiger partial charge is 0.496 e. The predicted octanol–water partition coefficient (Wildman–Crippen LogP) is 9.62. The number of benzene rings is 2. The van der Waals surface area contributed by atoms with Crippen LogP contribution in [0.1, 0.15) is 75.2 Å². The van der Waals surface area contributed by atoms with Crippen LogP contribution >= 0.6 is 22.9 Å². The van der Waals surface area contributed by atoms with Gasteiger partial charge in [0.2, 0.25) is 11.8 Å². The molecule has 2 aliphatic heterocycles. The van der Waals surface area contributed by atoms with E-state index < -0.39 is 5.92 Å². The first-order valence-electron chi connectivity index (χ1n) is 18.1. The third kappa shape index (κ3) is 6.59. The van der Waals surface area contributed by atoms with Gasteiger partial charge in [-0.05, 0) is 91.4 Å². The molecular formula is C41H39ClF2N6O3S. The smallest absolute Gasteiger partial charge is 0.257 e. The SMILES string of the molecule is CNc1nccc2cc(-c3c4c(nc(C)c3-c3nnc(C)o3)C3CCCN3C4=O)sc12.COc1cccc2c1CC(F)(F)C2.Clc1ccc2c(c1)CCC2. The van der Waals surface area contributed by atoms with Gasteiger partial charge < -0.3 is 19.4 Å². The van der Waals surface area contributed by atoms with Crippen molar-refractivity contribution in [3.8, 4) is 27.6 Å². The fourth-order valence-corrected chi connectivity index (χ4v) is 9.51. The molecule has 13 heteroatoms. The van der Waals surface area contributed by atoms with E-state index in [9.17, 15) is 13.6 Å². The predicted molar refractivity (Wildman–Crippen MR) is 207 cm³/mol. The Morgan fingerprint density at radius 1 is 1.00 bits per heavy atom. The van der Waals surface area contributed by atoms with Gasteiger partial charge in [-0.2, -0.15) is 0 Å². The number of hydrogen-bond acceptors (Lipinski definition) is 9. The van der Waals surface area contributed by atoms with E-state index in [0.29, 0.717) is 34.2 Å². The summed E-state index contributed by atoms with van der Waals surface area (Å²) in [6, 6.07) is 15.6. The number of amides is 1. The van der Waals surface area contributed by atoms with Crippen LogP contribution in [0.25, 0.3) is 32.0 Å². The Hall–Kier alpha value is -4.94. The summed E-state index contributed by atoms with van der Waals surface area (Å²) in [5.41, 5.74) is 8.24. The number of rotatable bonds is 4. The van der Waals surface area contributed by atoms with E-state index in [1.165, 1.54) is 37.5 Å². The summed E-state index contributed by atoms with van der Waals surface area (Å²) in [6.07, 6.45) is 7.17. The number of alkyl halides is 2. The summed E-state index contributed by atoms with van der Waals surface area (Å²) in [7, 11) is 3.37. The molecule has 6 heterocycles. The molecule has 2 aliphatic carbocycles. The molecule has 1 N–H and O–H groups in total. The van der Waals surface area contributed by atoms with Crippen LogP contribution in [-0.4, -0.2) is 57.6 Å². The van der Waals surface area contributed by atoms with Crippen molar-refractivity contribution in [2.75, 3.05) is 26.0 Å². The molecule has 1 amide bonds. The summed E-state index contributed by atoms with van der Waals surface area (Å²) in [5, 5.41) is 13.4. The topological polar surface area (TPSA) is 106 Å². The minimum absolute atomic E-state index is 0.0434. The zero-order valence-electron chi connectivity index (χ0n) is 30.4. The van der Waals surface area contributed by atoms with E-state index >= 15 is 0 Å². The van der Waals surface area contributed by atoms with Crippen molar-refractivity contribution in [1.29, 1.82) is 0 Å². The van der Waals surface area contributed by atoms with Gasteiger partial charge in [0.1, 0.15) is 11.6 Å². The highest BCUT2D eigenvalue weighted by molar-refractivity contribution is 7.23. The second-order valence-corrected chi connectivity index (χ2v) is 15.5. The number of pyridine rings is 2. The number of fused-ring (bicyclic) bond motifs is 6. The molecule has 10 rings (SSSR count). The van der Waals surface area contributed by atoms with Crippen molar-refractivity contribution in [2.45, 2.75) is 70.8 Å².